The van der Waals surface area contributed by atoms with Gasteiger partial charge in [-0.1, -0.05) is 44.2 Å². The summed E-state index contributed by atoms with van der Waals surface area (Å²) in [4.78, 5) is 28.4. The number of rotatable bonds is 7. The summed E-state index contributed by atoms with van der Waals surface area (Å²) in [7, 11) is 1.58. The lowest BCUT2D eigenvalue weighted by Gasteiger charge is -2.26. The summed E-state index contributed by atoms with van der Waals surface area (Å²) in [6.07, 6.45) is 0. The molecule has 1 saturated heterocycles. The van der Waals surface area contributed by atoms with Crippen LogP contribution in [-0.2, 0) is 9.59 Å². The summed E-state index contributed by atoms with van der Waals surface area (Å²) in [6.45, 7) is 4.01. The molecule has 0 aromatic heterocycles. The van der Waals surface area contributed by atoms with E-state index in [1.807, 2.05) is 56.3 Å². The van der Waals surface area contributed by atoms with Crippen LogP contribution in [0.5, 0.6) is 11.5 Å². The van der Waals surface area contributed by atoms with E-state index in [2.05, 4.69) is 5.32 Å². The van der Waals surface area contributed by atoms with Crippen LogP contribution in [0.15, 0.2) is 103 Å². The maximum Gasteiger partial charge on any atom is 0.300 e. The summed E-state index contributed by atoms with van der Waals surface area (Å²) in [6, 6.07) is 27.4. The van der Waals surface area contributed by atoms with Gasteiger partial charge in [-0.25, -0.2) is 0 Å². The number of hydrogen-bond donors (Lipinski definition) is 3. The summed E-state index contributed by atoms with van der Waals surface area (Å²) < 4.78 is 5.47. The maximum atomic E-state index is 13.5. The molecule has 0 spiro atoms. The number of amides is 1. The average molecular weight is 535 g/mol. The van der Waals surface area contributed by atoms with E-state index >= 15 is 0 Å². The molecule has 1 aliphatic heterocycles. The van der Waals surface area contributed by atoms with Crippen molar-refractivity contribution in [3.63, 3.8) is 0 Å². The van der Waals surface area contributed by atoms with Gasteiger partial charge in [-0.05, 0) is 83.8 Å². The van der Waals surface area contributed by atoms with Gasteiger partial charge in [-0.2, -0.15) is 0 Å². The minimum atomic E-state index is -0.905. The Kier molecular flexibility index (Phi) is 7.29. The summed E-state index contributed by atoms with van der Waals surface area (Å²) in [5.41, 5.74) is 4.05. The Bertz CT molecular complexity index is 1580. The third kappa shape index (κ3) is 5.01. The summed E-state index contributed by atoms with van der Waals surface area (Å²) in [5.74, 6) is -0.989. The Morgan fingerprint density at radius 1 is 0.875 bits per heavy atom. The molecule has 0 saturated carbocycles. The van der Waals surface area contributed by atoms with E-state index in [1.54, 1.807) is 49.6 Å². The van der Waals surface area contributed by atoms with Gasteiger partial charge in [0.15, 0.2) is 0 Å². The van der Waals surface area contributed by atoms with Crippen LogP contribution >= 0.6 is 0 Å². The summed E-state index contributed by atoms with van der Waals surface area (Å²) >= 11 is 0. The highest BCUT2D eigenvalue weighted by Crippen LogP contribution is 2.43. The van der Waals surface area contributed by atoms with Crippen molar-refractivity contribution in [1.29, 1.82) is 0 Å². The highest BCUT2D eigenvalue weighted by molar-refractivity contribution is 6.51. The van der Waals surface area contributed by atoms with E-state index in [4.69, 9.17) is 4.74 Å². The van der Waals surface area contributed by atoms with Crippen molar-refractivity contribution in [3.8, 4) is 11.5 Å². The number of phenolic OH excluding ortho intramolecular Hbond substituents is 1. The lowest BCUT2D eigenvalue weighted by molar-refractivity contribution is -0.132. The van der Waals surface area contributed by atoms with Crippen molar-refractivity contribution in [1.82, 2.24) is 0 Å². The third-order valence-corrected chi connectivity index (χ3v) is 6.99. The van der Waals surface area contributed by atoms with Crippen molar-refractivity contribution in [2.24, 2.45) is 0 Å². The number of phenols is 1. The zero-order valence-corrected chi connectivity index (χ0v) is 22.5. The fourth-order valence-corrected chi connectivity index (χ4v) is 4.95. The van der Waals surface area contributed by atoms with Crippen LogP contribution in [0.2, 0.25) is 0 Å². The molecular weight excluding hydrogens is 504 g/mol. The molecule has 4 aromatic rings. The number of ketones is 1. The van der Waals surface area contributed by atoms with Crippen molar-refractivity contribution >= 4 is 34.5 Å². The molecule has 7 nitrogen and oxygen atoms in total. The topological polar surface area (TPSA) is 99.1 Å². The number of aliphatic hydroxyl groups is 1. The molecule has 1 heterocycles. The number of anilines is 3. The second-order valence-corrected chi connectivity index (χ2v) is 9.91. The molecule has 202 valence electrons. The van der Waals surface area contributed by atoms with Crippen molar-refractivity contribution in [3.05, 3.63) is 119 Å². The number of aliphatic hydroxyl groups excluding tert-OH is 1. The molecule has 1 unspecified atom stereocenters. The van der Waals surface area contributed by atoms with Gasteiger partial charge in [0.1, 0.15) is 17.3 Å². The molecule has 5 rings (SSSR count). The Morgan fingerprint density at radius 3 is 2.15 bits per heavy atom. The van der Waals surface area contributed by atoms with E-state index < -0.39 is 17.7 Å². The molecule has 3 N–H and O–H groups in total. The number of Topliss-reactive ketones (excluding diaryl/α,β-unsaturated/α-hetero) is 1. The number of benzene rings is 4. The quantitative estimate of drug-likeness (QED) is 0.136. The van der Waals surface area contributed by atoms with Crippen LogP contribution in [0.4, 0.5) is 17.1 Å². The zero-order chi connectivity index (χ0) is 28.4. The minimum absolute atomic E-state index is 0.0259. The minimum Gasteiger partial charge on any atom is -0.508 e. The number of hydrogen-bond acceptors (Lipinski definition) is 6. The highest BCUT2D eigenvalue weighted by atomic mass is 16.5. The number of carbonyl (C=O) groups excluding carboxylic acids is 2. The first-order chi connectivity index (χ1) is 19.3. The molecular formula is C33H30N2O5. The largest absolute Gasteiger partial charge is 0.508 e. The molecule has 40 heavy (non-hydrogen) atoms. The predicted octanol–water partition coefficient (Wildman–Crippen LogP) is 6.89. The van der Waals surface area contributed by atoms with Crippen molar-refractivity contribution in [2.45, 2.75) is 25.8 Å². The normalized spacial score (nSPS) is 16.4. The van der Waals surface area contributed by atoms with E-state index in [-0.39, 0.29) is 23.0 Å². The molecule has 1 amide bonds. The number of nitrogens with one attached hydrogen (secondary N) is 1. The van der Waals surface area contributed by atoms with E-state index in [0.717, 1.165) is 16.9 Å². The van der Waals surface area contributed by atoms with Gasteiger partial charge >= 0.3 is 0 Å². The second-order valence-electron chi connectivity index (χ2n) is 9.91. The Hall–Kier alpha value is -5.04. The lowest BCUT2D eigenvalue weighted by Crippen LogP contribution is -2.29. The number of carbonyl (C=O) groups is 2. The second kappa shape index (κ2) is 11.0. The van der Waals surface area contributed by atoms with Crippen LogP contribution in [-0.4, -0.2) is 29.0 Å². The fraction of sp³-hybridized carbons (Fsp3) is 0.152. The number of methoxy groups -OCH3 is 1. The van der Waals surface area contributed by atoms with Crippen LogP contribution in [0.3, 0.4) is 0 Å². The van der Waals surface area contributed by atoms with Gasteiger partial charge in [0, 0.05) is 22.6 Å². The first kappa shape index (κ1) is 26.6. The predicted molar refractivity (Wildman–Crippen MR) is 156 cm³/mol. The Morgan fingerprint density at radius 2 is 1.52 bits per heavy atom. The third-order valence-electron chi connectivity index (χ3n) is 6.99. The monoisotopic (exact) mass is 534 g/mol. The van der Waals surface area contributed by atoms with Gasteiger partial charge in [0.05, 0.1) is 18.7 Å². The number of nitrogens with zero attached hydrogens (tertiary/aromatic N) is 1. The first-order valence-corrected chi connectivity index (χ1v) is 13.0. The smallest absolute Gasteiger partial charge is 0.300 e. The van der Waals surface area contributed by atoms with Crippen LogP contribution in [0, 0.1) is 0 Å². The number of aromatic hydroxyl groups is 1. The van der Waals surface area contributed by atoms with Gasteiger partial charge in [-0.15, -0.1) is 0 Å². The Labute approximate surface area is 233 Å². The molecule has 0 radical (unpaired) electrons. The van der Waals surface area contributed by atoms with Crippen LogP contribution < -0.4 is 15.0 Å². The van der Waals surface area contributed by atoms with Gasteiger partial charge in [-0.3, -0.25) is 14.5 Å². The summed E-state index contributed by atoms with van der Waals surface area (Å²) in [5, 5.41) is 24.7. The standard InChI is InChI=1S/C33H30N2O5/c1-20(2)27-19-22(11-18-28(27)40-3)31(37)29-30(21-9-16-26(36)17-10-21)35(33(39)32(29)38)25-14-12-24(13-15-25)34-23-7-5-4-6-8-23/h4-20,30,34,36-37H,1-3H3/b31-29-. The van der Waals surface area contributed by atoms with Crippen LogP contribution in [0.1, 0.15) is 42.5 Å². The van der Waals surface area contributed by atoms with E-state index in [1.165, 1.54) is 17.0 Å². The van der Waals surface area contributed by atoms with E-state index in [9.17, 15) is 19.8 Å². The zero-order valence-electron chi connectivity index (χ0n) is 22.5. The molecule has 0 aliphatic carbocycles. The molecule has 1 aliphatic rings. The van der Waals surface area contributed by atoms with Gasteiger partial charge in [0.2, 0.25) is 0 Å². The molecule has 7 heteroatoms. The van der Waals surface area contributed by atoms with Crippen LogP contribution in [0.25, 0.3) is 5.76 Å². The Balaban J connectivity index is 1.60. The molecule has 4 aromatic carbocycles. The molecule has 1 fully saturated rings. The number of ether oxygens (including phenoxy) is 1. The highest BCUT2D eigenvalue weighted by Gasteiger charge is 2.47. The SMILES string of the molecule is COc1ccc(/C(O)=C2/C(=O)C(=O)N(c3ccc(Nc4ccccc4)cc3)C2c2ccc(O)cc2)cc1C(C)C. The first-order valence-electron chi connectivity index (χ1n) is 13.0. The van der Waals surface area contributed by atoms with Gasteiger partial charge in [0.25, 0.3) is 11.7 Å². The average Bonchev–Trinajstić information content (AvgIpc) is 3.23. The van der Waals surface area contributed by atoms with Gasteiger partial charge < -0.3 is 20.3 Å². The number of para-hydroxylation sites is 1. The van der Waals surface area contributed by atoms with Crippen molar-refractivity contribution < 1.29 is 24.5 Å². The molecule has 0 bridgehead atoms. The van der Waals surface area contributed by atoms with Crippen molar-refractivity contribution in [2.75, 3.05) is 17.3 Å². The maximum absolute atomic E-state index is 13.5. The lowest BCUT2D eigenvalue weighted by atomic mass is 9.93. The van der Waals surface area contributed by atoms with E-state index in [0.29, 0.717) is 22.6 Å². The molecule has 1 atom stereocenters. The fourth-order valence-electron chi connectivity index (χ4n) is 4.95.